The molecular weight excluding hydrogens is 430 g/mol. The molecule has 2 N–H and O–H groups in total. The summed E-state index contributed by atoms with van der Waals surface area (Å²) in [6, 6.07) is 12.1. The van der Waals surface area contributed by atoms with Gasteiger partial charge >= 0.3 is 0 Å². The number of amidine groups is 1. The molecule has 0 spiro atoms. The molecule has 1 aliphatic heterocycles. The molecule has 2 aromatic rings. The molecule has 0 amide bonds. The van der Waals surface area contributed by atoms with Gasteiger partial charge in [-0.1, -0.05) is 35.3 Å². The van der Waals surface area contributed by atoms with E-state index in [4.69, 9.17) is 14.9 Å². The van der Waals surface area contributed by atoms with E-state index in [1.165, 1.54) is 5.57 Å². The highest BCUT2D eigenvalue weighted by molar-refractivity contribution is 9.10. The first kappa shape index (κ1) is 21.2. The fraction of sp³-hybridized carbons (Fsp3) is 0.348. The average Bonchev–Trinajstić information content (AvgIpc) is 3.10. The predicted molar refractivity (Wildman–Crippen MR) is 123 cm³/mol. The standard InChI is InChI=1S/C23H28BrN3O2/c1-4-5-10-27-15-17(11-23(27)25)20-9-7-18(24)12-21(20)26-14-16-6-8-19(28-2)13-22(16)29-3/h6-9,12-13,15,25-26H,4-5,10-11,14H2,1-3H3. The van der Waals surface area contributed by atoms with E-state index in [0.29, 0.717) is 18.8 Å². The molecule has 29 heavy (non-hydrogen) atoms. The molecule has 2 aromatic carbocycles. The summed E-state index contributed by atoms with van der Waals surface area (Å²) in [7, 11) is 3.32. The molecule has 0 bridgehead atoms. The van der Waals surface area contributed by atoms with Crippen molar-refractivity contribution >= 4 is 33.0 Å². The molecule has 0 saturated carbocycles. The number of unbranched alkanes of at least 4 members (excludes halogenated alkanes) is 1. The lowest BCUT2D eigenvalue weighted by molar-refractivity contribution is 0.391. The van der Waals surface area contributed by atoms with Crippen molar-refractivity contribution in [1.82, 2.24) is 4.90 Å². The number of rotatable bonds is 9. The van der Waals surface area contributed by atoms with Crippen LogP contribution in [0.1, 0.15) is 37.3 Å². The Labute approximate surface area is 181 Å². The minimum atomic E-state index is 0.626. The molecule has 0 radical (unpaired) electrons. The first-order valence-electron chi connectivity index (χ1n) is 9.85. The van der Waals surface area contributed by atoms with Crippen molar-refractivity contribution in [2.45, 2.75) is 32.7 Å². The summed E-state index contributed by atoms with van der Waals surface area (Å²) >= 11 is 3.58. The van der Waals surface area contributed by atoms with Crippen molar-refractivity contribution in [2.24, 2.45) is 0 Å². The zero-order valence-corrected chi connectivity index (χ0v) is 18.8. The summed E-state index contributed by atoms with van der Waals surface area (Å²) in [5.41, 5.74) is 4.39. The van der Waals surface area contributed by atoms with Gasteiger partial charge in [0.15, 0.2) is 0 Å². The van der Waals surface area contributed by atoms with Gasteiger partial charge in [-0.15, -0.1) is 0 Å². The van der Waals surface area contributed by atoms with E-state index in [9.17, 15) is 0 Å². The Morgan fingerprint density at radius 1 is 1.14 bits per heavy atom. The lowest BCUT2D eigenvalue weighted by atomic mass is 10.0. The summed E-state index contributed by atoms with van der Waals surface area (Å²) in [6.45, 7) is 3.70. The summed E-state index contributed by atoms with van der Waals surface area (Å²) in [6.07, 6.45) is 5.00. The fourth-order valence-corrected chi connectivity index (χ4v) is 3.78. The van der Waals surface area contributed by atoms with Gasteiger partial charge in [0.05, 0.1) is 14.2 Å². The van der Waals surface area contributed by atoms with Crippen LogP contribution >= 0.6 is 15.9 Å². The number of ether oxygens (including phenoxy) is 2. The monoisotopic (exact) mass is 457 g/mol. The first-order valence-corrected chi connectivity index (χ1v) is 10.6. The van der Waals surface area contributed by atoms with Crippen LogP contribution in [0.3, 0.4) is 0 Å². The Morgan fingerprint density at radius 3 is 2.69 bits per heavy atom. The van der Waals surface area contributed by atoms with Crippen LogP contribution in [0.5, 0.6) is 11.5 Å². The predicted octanol–water partition coefficient (Wildman–Crippen LogP) is 5.90. The van der Waals surface area contributed by atoms with E-state index in [-0.39, 0.29) is 0 Å². The van der Waals surface area contributed by atoms with Gasteiger partial charge in [0.2, 0.25) is 0 Å². The van der Waals surface area contributed by atoms with Crippen molar-refractivity contribution in [3.8, 4) is 11.5 Å². The third-order valence-electron chi connectivity index (χ3n) is 5.06. The number of halogens is 1. The van der Waals surface area contributed by atoms with Gasteiger partial charge < -0.3 is 19.7 Å². The largest absolute Gasteiger partial charge is 0.497 e. The van der Waals surface area contributed by atoms with Gasteiger partial charge in [-0.05, 0) is 36.3 Å². The number of hydrogen-bond donors (Lipinski definition) is 2. The Balaban J connectivity index is 1.82. The van der Waals surface area contributed by atoms with Crippen LogP contribution in [-0.4, -0.2) is 31.5 Å². The maximum Gasteiger partial charge on any atom is 0.127 e. The van der Waals surface area contributed by atoms with Crippen LogP contribution in [0.4, 0.5) is 5.69 Å². The molecule has 0 fully saturated rings. The van der Waals surface area contributed by atoms with Crippen LogP contribution in [-0.2, 0) is 6.54 Å². The molecular formula is C23H28BrN3O2. The second-order valence-electron chi connectivity index (χ2n) is 7.05. The van der Waals surface area contributed by atoms with Crippen LogP contribution < -0.4 is 14.8 Å². The summed E-state index contributed by atoms with van der Waals surface area (Å²) in [4.78, 5) is 2.07. The van der Waals surface area contributed by atoms with Crippen molar-refractivity contribution in [3.63, 3.8) is 0 Å². The Bertz CT molecular complexity index is 911. The Hall–Kier alpha value is -2.47. The number of methoxy groups -OCH3 is 2. The maximum atomic E-state index is 8.32. The topological polar surface area (TPSA) is 57.6 Å². The number of anilines is 1. The molecule has 0 aliphatic carbocycles. The van der Waals surface area contributed by atoms with Crippen LogP contribution in [0.15, 0.2) is 47.1 Å². The highest BCUT2D eigenvalue weighted by atomic mass is 79.9. The summed E-state index contributed by atoms with van der Waals surface area (Å²) in [5, 5.41) is 11.9. The van der Waals surface area contributed by atoms with E-state index in [1.54, 1.807) is 14.2 Å². The van der Waals surface area contributed by atoms with Crippen molar-refractivity contribution < 1.29 is 9.47 Å². The minimum absolute atomic E-state index is 0.626. The lowest BCUT2D eigenvalue weighted by Crippen LogP contribution is -2.21. The molecule has 1 aliphatic rings. The number of benzene rings is 2. The van der Waals surface area contributed by atoms with Gasteiger partial charge in [-0.25, -0.2) is 0 Å². The quantitative estimate of drug-likeness (QED) is 0.491. The van der Waals surface area contributed by atoms with Gasteiger partial charge in [0, 0.05) is 53.1 Å². The second kappa shape index (κ2) is 9.83. The Morgan fingerprint density at radius 2 is 1.97 bits per heavy atom. The van der Waals surface area contributed by atoms with Crippen LogP contribution in [0.2, 0.25) is 0 Å². The highest BCUT2D eigenvalue weighted by Crippen LogP contribution is 2.34. The first-order chi connectivity index (χ1) is 14.0. The van der Waals surface area contributed by atoms with E-state index in [0.717, 1.165) is 52.2 Å². The number of nitrogens with zero attached hydrogens (tertiary/aromatic N) is 1. The van der Waals surface area contributed by atoms with Gasteiger partial charge in [-0.2, -0.15) is 0 Å². The van der Waals surface area contributed by atoms with E-state index in [1.807, 2.05) is 24.3 Å². The van der Waals surface area contributed by atoms with Crippen LogP contribution in [0, 0.1) is 5.41 Å². The molecule has 5 nitrogen and oxygen atoms in total. The van der Waals surface area contributed by atoms with E-state index in [2.05, 4.69) is 51.4 Å². The average molecular weight is 458 g/mol. The smallest absolute Gasteiger partial charge is 0.127 e. The third-order valence-corrected chi connectivity index (χ3v) is 5.55. The maximum absolute atomic E-state index is 8.32. The van der Waals surface area contributed by atoms with Crippen molar-refractivity contribution in [3.05, 3.63) is 58.2 Å². The number of nitrogens with one attached hydrogen (secondary N) is 2. The Kier molecular flexibility index (Phi) is 7.20. The van der Waals surface area contributed by atoms with Crippen molar-refractivity contribution in [1.29, 1.82) is 5.41 Å². The molecule has 0 unspecified atom stereocenters. The zero-order chi connectivity index (χ0) is 20.8. The van der Waals surface area contributed by atoms with Crippen molar-refractivity contribution in [2.75, 3.05) is 26.1 Å². The lowest BCUT2D eigenvalue weighted by Gasteiger charge is -2.15. The SMILES string of the molecule is CCCCN1C=C(c2ccc(Br)cc2NCc2ccc(OC)cc2OC)CC1=N. The molecule has 154 valence electrons. The summed E-state index contributed by atoms with van der Waals surface area (Å²) in [5.74, 6) is 2.23. The van der Waals surface area contributed by atoms with Gasteiger partial charge in [0.1, 0.15) is 17.3 Å². The molecule has 0 atom stereocenters. The minimum Gasteiger partial charge on any atom is -0.497 e. The highest BCUT2D eigenvalue weighted by Gasteiger charge is 2.21. The van der Waals surface area contributed by atoms with Crippen LogP contribution in [0.25, 0.3) is 5.57 Å². The molecule has 0 saturated heterocycles. The van der Waals surface area contributed by atoms with E-state index < -0.39 is 0 Å². The fourth-order valence-electron chi connectivity index (χ4n) is 3.42. The zero-order valence-electron chi connectivity index (χ0n) is 17.2. The molecule has 3 rings (SSSR count). The normalized spacial score (nSPS) is 13.4. The van der Waals surface area contributed by atoms with Gasteiger partial charge in [0.25, 0.3) is 0 Å². The van der Waals surface area contributed by atoms with E-state index >= 15 is 0 Å². The number of hydrogen-bond acceptors (Lipinski definition) is 4. The summed E-state index contributed by atoms with van der Waals surface area (Å²) < 4.78 is 11.8. The molecule has 6 heteroatoms. The molecule has 1 heterocycles. The second-order valence-corrected chi connectivity index (χ2v) is 7.96. The molecule has 0 aromatic heterocycles. The third kappa shape index (κ3) is 5.12. The van der Waals surface area contributed by atoms with Gasteiger partial charge in [-0.3, -0.25) is 5.41 Å².